The van der Waals surface area contributed by atoms with E-state index in [4.69, 9.17) is 4.74 Å². The van der Waals surface area contributed by atoms with Crippen LogP contribution in [0.3, 0.4) is 0 Å². The van der Waals surface area contributed by atoms with Gasteiger partial charge < -0.3 is 15.0 Å². The maximum atomic E-state index is 12.3. The monoisotopic (exact) mass is 375 g/mol. The van der Waals surface area contributed by atoms with E-state index in [1.807, 2.05) is 31.1 Å². The van der Waals surface area contributed by atoms with Crippen molar-refractivity contribution in [2.45, 2.75) is 5.03 Å². The Morgan fingerprint density at radius 2 is 2.12 bits per heavy atom. The molecule has 0 bridgehead atoms. The second kappa shape index (κ2) is 7.66. The summed E-state index contributed by atoms with van der Waals surface area (Å²) >= 11 is 2.87. The molecule has 1 amide bonds. The molecular weight excluding hydrogens is 358 g/mol. The number of nitrogens with one attached hydrogen (secondary N) is 1. The lowest BCUT2D eigenvalue weighted by atomic mass is 10.3. The second-order valence-corrected chi connectivity index (χ2v) is 7.20. The van der Waals surface area contributed by atoms with Gasteiger partial charge in [-0.1, -0.05) is 35.2 Å². The molecule has 0 unspecified atom stereocenters. The maximum Gasteiger partial charge on any atom is 0.234 e. The summed E-state index contributed by atoms with van der Waals surface area (Å²) in [5.74, 6) is 0.737. The van der Waals surface area contributed by atoms with Crippen LogP contribution in [0.4, 0.5) is 10.8 Å². The first-order valence-corrected chi connectivity index (χ1v) is 9.23. The average Bonchev–Trinajstić information content (AvgIpc) is 3.05. The first-order valence-electron chi connectivity index (χ1n) is 7.43. The van der Waals surface area contributed by atoms with Gasteiger partial charge in [0, 0.05) is 14.1 Å². The smallest absolute Gasteiger partial charge is 0.234 e. The number of aromatic nitrogens is 3. The molecule has 0 aliphatic rings. The fourth-order valence-corrected chi connectivity index (χ4v) is 3.90. The summed E-state index contributed by atoms with van der Waals surface area (Å²) in [4.78, 5) is 27.1. The van der Waals surface area contributed by atoms with Gasteiger partial charge >= 0.3 is 0 Å². The zero-order chi connectivity index (χ0) is 17.8. The Morgan fingerprint density at radius 3 is 2.88 bits per heavy atom. The van der Waals surface area contributed by atoms with E-state index in [9.17, 15) is 4.79 Å². The largest absolute Gasteiger partial charge is 0.495 e. The van der Waals surface area contributed by atoms with E-state index >= 15 is 0 Å². The zero-order valence-corrected chi connectivity index (χ0v) is 15.6. The first kappa shape index (κ1) is 17.4. The molecule has 3 rings (SSSR count). The van der Waals surface area contributed by atoms with E-state index < -0.39 is 0 Å². The highest BCUT2D eigenvalue weighted by Gasteiger charge is 2.14. The maximum absolute atomic E-state index is 12.3. The number of carbonyl (C=O) groups excluding carboxylic acids is 1. The Bertz CT molecular complexity index is 897. The summed E-state index contributed by atoms with van der Waals surface area (Å²) in [5.41, 5.74) is 1.30. The molecule has 25 heavy (non-hydrogen) atoms. The van der Waals surface area contributed by atoms with Crippen molar-refractivity contribution in [3.63, 3.8) is 0 Å². The molecule has 0 saturated carbocycles. The highest BCUT2D eigenvalue weighted by Crippen LogP contribution is 2.33. The standard InChI is InChI=1S/C16H17N5O2S2/c1-21(2)16-20-14-13(25-16)15(18-9-17-14)24-8-12(22)19-10-6-4-5-7-11(10)23-3/h4-7,9H,8H2,1-3H3,(H,19,22). The van der Waals surface area contributed by atoms with Gasteiger partial charge in [0.25, 0.3) is 0 Å². The number of anilines is 2. The van der Waals surface area contributed by atoms with Crippen LogP contribution in [-0.2, 0) is 4.79 Å². The molecule has 130 valence electrons. The molecule has 9 heteroatoms. The number of hydrogen-bond donors (Lipinski definition) is 1. The lowest BCUT2D eigenvalue weighted by Gasteiger charge is -2.09. The van der Waals surface area contributed by atoms with Gasteiger partial charge in [-0.3, -0.25) is 4.79 Å². The van der Waals surface area contributed by atoms with Crippen LogP contribution in [0.1, 0.15) is 0 Å². The third kappa shape index (κ3) is 3.99. The van der Waals surface area contributed by atoms with Crippen LogP contribution in [0.5, 0.6) is 5.75 Å². The van der Waals surface area contributed by atoms with Gasteiger partial charge in [-0.25, -0.2) is 9.97 Å². The third-order valence-corrected chi connectivity index (χ3v) is 5.59. The normalized spacial score (nSPS) is 10.7. The molecule has 2 aromatic heterocycles. The van der Waals surface area contributed by atoms with Crippen LogP contribution in [0.25, 0.3) is 10.3 Å². The van der Waals surface area contributed by atoms with Gasteiger partial charge in [-0.15, -0.1) is 0 Å². The summed E-state index contributed by atoms with van der Waals surface area (Å²) < 4.78 is 6.13. The molecule has 0 saturated heterocycles. The fraction of sp³-hybridized carbons (Fsp3) is 0.250. The molecule has 0 atom stereocenters. The summed E-state index contributed by atoms with van der Waals surface area (Å²) in [5, 5.41) is 4.47. The Morgan fingerprint density at radius 1 is 1.32 bits per heavy atom. The lowest BCUT2D eigenvalue weighted by molar-refractivity contribution is -0.113. The number of nitrogens with zero attached hydrogens (tertiary/aromatic N) is 4. The van der Waals surface area contributed by atoms with Gasteiger partial charge in [0.15, 0.2) is 10.8 Å². The molecule has 0 aliphatic heterocycles. The molecule has 1 aromatic carbocycles. The van der Waals surface area contributed by atoms with Crippen molar-refractivity contribution in [1.29, 1.82) is 0 Å². The van der Waals surface area contributed by atoms with Crippen molar-refractivity contribution in [3.05, 3.63) is 30.6 Å². The number of thiazole rings is 1. The topological polar surface area (TPSA) is 80.2 Å². The molecule has 1 N–H and O–H groups in total. The number of para-hydroxylation sites is 2. The van der Waals surface area contributed by atoms with Crippen LogP contribution in [0.15, 0.2) is 35.6 Å². The average molecular weight is 375 g/mol. The molecule has 3 aromatic rings. The van der Waals surface area contributed by atoms with E-state index in [2.05, 4.69) is 20.3 Å². The number of amides is 1. The predicted molar refractivity (Wildman–Crippen MR) is 102 cm³/mol. The first-order chi connectivity index (χ1) is 12.1. The number of carbonyl (C=O) groups is 1. The quantitative estimate of drug-likeness (QED) is 0.524. The summed E-state index contributed by atoms with van der Waals surface area (Å²) in [6.45, 7) is 0. The minimum atomic E-state index is -0.126. The van der Waals surface area contributed by atoms with Crippen molar-refractivity contribution in [2.24, 2.45) is 0 Å². The summed E-state index contributed by atoms with van der Waals surface area (Å²) in [6.07, 6.45) is 1.47. The lowest BCUT2D eigenvalue weighted by Crippen LogP contribution is -2.14. The highest BCUT2D eigenvalue weighted by molar-refractivity contribution is 8.00. The van der Waals surface area contributed by atoms with Gasteiger partial charge in [0.2, 0.25) is 5.91 Å². The van der Waals surface area contributed by atoms with Gasteiger partial charge in [0.1, 0.15) is 21.8 Å². The van der Waals surface area contributed by atoms with E-state index in [1.165, 1.54) is 29.4 Å². The van der Waals surface area contributed by atoms with Crippen LogP contribution in [0.2, 0.25) is 0 Å². The zero-order valence-electron chi connectivity index (χ0n) is 14.0. The van der Waals surface area contributed by atoms with Crippen molar-refractivity contribution < 1.29 is 9.53 Å². The predicted octanol–water partition coefficient (Wildman–Crippen LogP) is 2.89. The highest BCUT2D eigenvalue weighted by atomic mass is 32.2. The Hall–Kier alpha value is -2.39. The van der Waals surface area contributed by atoms with Crippen LogP contribution in [-0.4, -0.2) is 47.8 Å². The van der Waals surface area contributed by atoms with E-state index in [-0.39, 0.29) is 11.7 Å². The van der Waals surface area contributed by atoms with Gasteiger partial charge in [-0.05, 0) is 12.1 Å². The fourth-order valence-electron chi connectivity index (χ4n) is 2.08. The van der Waals surface area contributed by atoms with Gasteiger partial charge in [0.05, 0.1) is 18.6 Å². The van der Waals surface area contributed by atoms with Crippen molar-refractivity contribution in [1.82, 2.24) is 15.0 Å². The number of hydrogen-bond acceptors (Lipinski definition) is 8. The number of thioether (sulfide) groups is 1. The molecule has 0 radical (unpaired) electrons. The Kier molecular flexibility index (Phi) is 5.34. The molecular formula is C16H17N5O2S2. The Labute approximate surface area is 153 Å². The number of methoxy groups -OCH3 is 1. The Balaban J connectivity index is 1.71. The molecule has 0 aliphatic carbocycles. The third-order valence-electron chi connectivity index (χ3n) is 3.25. The minimum Gasteiger partial charge on any atom is -0.495 e. The molecule has 7 nitrogen and oxygen atoms in total. The SMILES string of the molecule is COc1ccccc1NC(=O)CSc1ncnc2nc(N(C)C)sc12. The van der Waals surface area contributed by atoms with E-state index in [0.29, 0.717) is 17.1 Å². The molecule has 0 fully saturated rings. The minimum absolute atomic E-state index is 0.126. The number of benzene rings is 1. The summed E-state index contributed by atoms with van der Waals surface area (Å²) in [6, 6.07) is 7.31. The summed E-state index contributed by atoms with van der Waals surface area (Å²) in [7, 11) is 5.43. The number of ether oxygens (including phenoxy) is 1. The van der Waals surface area contributed by atoms with E-state index in [0.717, 1.165) is 14.9 Å². The number of rotatable bonds is 6. The number of fused-ring (bicyclic) bond motifs is 1. The molecule has 2 heterocycles. The van der Waals surface area contributed by atoms with E-state index in [1.54, 1.807) is 19.2 Å². The van der Waals surface area contributed by atoms with Crippen molar-refractivity contribution >= 4 is 50.2 Å². The van der Waals surface area contributed by atoms with Crippen LogP contribution < -0.4 is 15.0 Å². The molecule has 0 spiro atoms. The van der Waals surface area contributed by atoms with Crippen LogP contribution >= 0.6 is 23.1 Å². The second-order valence-electron chi connectivity index (χ2n) is 5.26. The van der Waals surface area contributed by atoms with Crippen molar-refractivity contribution in [3.8, 4) is 5.75 Å². The van der Waals surface area contributed by atoms with Crippen molar-refractivity contribution in [2.75, 3.05) is 37.2 Å². The van der Waals surface area contributed by atoms with Crippen LogP contribution in [0, 0.1) is 0 Å². The van der Waals surface area contributed by atoms with Gasteiger partial charge in [-0.2, -0.15) is 4.98 Å².